The zero-order chi connectivity index (χ0) is 19.4. The SMILES string of the molecule is CCNC(=NCC(O)COCC(C)C)NCCc1ccc(C)c(OC)c1. The van der Waals surface area contributed by atoms with Crippen LogP contribution in [0.2, 0.25) is 0 Å². The van der Waals surface area contributed by atoms with Crippen LogP contribution >= 0.6 is 0 Å². The number of aliphatic imine (C=N–C) groups is 1. The number of aliphatic hydroxyl groups excluding tert-OH is 1. The summed E-state index contributed by atoms with van der Waals surface area (Å²) in [5.74, 6) is 2.08. The standard InChI is InChI=1S/C20H35N3O3/c1-6-21-20(23-12-18(24)14-26-13-15(2)3)22-10-9-17-8-7-16(4)19(11-17)25-5/h7-8,11,15,18,24H,6,9-10,12-14H2,1-5H3,(H2,21,22,23). The second kappa shape index (κ2) is 12.5. The van der Waals surface area contributed by atoms with E-state index in [1.54, 1.807) is 7.11 Å². The molecule has 0 saturated heterocycles. The molecule has 6 nitrogen and oxygen atoms in total. The van der Waals surface area contributed by atoms with E-state index in [0.717, 1.165) is 30.8 Å². The minimum atomic E-state index is -0.592. The van der Waals surface area contributed by atoms with Crippen LogP contribution in [-0.4, -0.2) is 57.1 Å². The van der Waals surface area contributed by atoms with E-state index in [9.17, 15) is 5.11 Å². The van der Waals surface area contributed by atoms with Gasteiger partial charge in [-0.1, -0.05) is 26.0 Å². The van der Waals surface area contributed by atoms with E-state index in [-0.39, 0.29) is 0 Å². The molecule has 0 bridgehead atoms. The quantitative estimate of drug-likeness (QED) is 0.414. The zero-order valence-corrected chi connectivity index (χ0v) is 16.8. The van der Waals surface area contributed by atoms with E-state index in [1.165, 1.54) is 5.56 Å². The lowest BCUT2D eigenvalue weighted by Gasteiger charge is -2.14. The van der Waals surface area contributed by atoms with E-state index in [0.29, 0.717) is 31.6 Å². The van der Waals surface area contributed by atoms with Gasteiger partial charge in [-0.15, -0.1) is 0 Å². The molecular formula is C20H35N3O3. The van der Waals surface area contributed by atoms with Crippen molar-refractivity contribution in [2.24, 2.45) is 10.9 Å². The number of hydrogen-bond donors (Lipinski definition) is 3. The summed E-state index contributed by atoms with van der Waals surface area (Å²) in [4.78, 5) is 4.43. The summed E-state index contributed by atoms with van der Waals surface area (Å²) in [5.41, 5.74) is 2.34. The van der Waals surface area contributed by atoms with Gasteiger partial charge in [0.25, 0.3) is 0 Å². The largest absolute Gasteiger partial charge is 0.496 e. The van der Waals surface area contributed by atoms with E-state index in [2.05, 4.69) is 47.7 Å². The molecule has 0 saturated carbocycles. The predicted molar refractivity (Wildman–Crippen MR) is 107 cm³/mol. The van der Waals surface area contributed by atoms with E-state index in [1.807, 2.05) is 13.8 Å². The molecule has 1 unspecified atom stereocenters. The Labute approximate surface area is 158 Å². The second-order valence-electron chi connectivity index (χ2n) is 6.79. The van der Waals surface area contributed by atoms with Gasteiger partial charge in [-0.05, 0) is 43.4 Å². The first kappa shape index (κ1) is 22.3. The number of aliphatic hydroxyl groups is 1. The number of guanidine groups is 1. The van der Waals surface area contributed by atoms with Gasteiger partial charge < -0.3 is 25.2 Å². The van der Waals surface area contributed by atoms with Crippen LogP contribution in [0.3, 0.4) is 0 Å². The lowest BCUT2D eigenvalue weighted by Crippen LogP contribution is -2.39. The molecular weight excluding hydrogens is 330 g/mol. The van der Waals surface area contributed by atoms with Crippen LogP contribution in [0.1, 0.15) is 31.9 Å². The van der Waals surface area contributed by atoms with Crippen molar-refractivity contribution in [2.45, 2.75) is 40.2 Å². The average Bonchev–Trinajstić information content (AvgIpc) is 2.60. The van der Waals surface area contributed by atoms with E-state index in [4.69, 9.17) is 9.47 Å². The third-order valence-electron chi connectivity index (χ3n) is 3.74. The lowest BCUT2D eigenvalue weighted by molar-refractivity contribution is 0.0301. The Kier molecular flexibility index (Phi) is 10.7. The molecule has 0 aliphatic heterocycles. The first-order valence-corrected chi connectivity index (χ1v) is 9.37. The number of nitrogens with zero attached hydrogens (tertiary/aromatic N) is 1. The number of methoxy groups -OCH3 is 1. The third kappa shape index (κ3) is 9.06. The van der Waals surface area contributed by atoms with Crippen LogP contribution < -0.4 is 15.4 Å². The van der Waals surface area contributed by atoms with Crippen molar-refractivity contribution in [3.05, 3.63) is 29.3 Å². The van der Waals surface area contributed by atoms with Crippen LogP contribution in [0.5, 0.6) is 5.75 Å². The highest BCUT2D eigenvalue weighted by molar-refractivity contribution is 5.79. The molecule has 0 aliphatic rings. The fraction of sp³-hybridized carbons (Fsp3) is 0.650. The Hall–Kier alpha value is -1.79. The molecule has 0 aromatic heterocycles. The fourth-order valence-electron chi connectivity index (χ4n) is 2.38. The molecule has 1 atom stereocenters. The molecule has 0 heterocycles. The average molecular weight is 366 g/mol. The third-order valence-corrected chi connectivity index (χ3v) is 3.74. The molecule has 0 radical (unpaired) electrons. The fourth-order valence-corrected chi connectivity index (χ4v) is 2.38. The zero-order valence-electron chi connectivity index (χ0n) is 16.8. The van der Waals surface area contributed by atoms with Gasteiger partial charge in [0, 0.05) is 19.7 Å². The molecule has 3 N–H and O–H groups in total. The Morgan fingerprint density at radius 3 is 2.65 bits per heavy atom. The van der Waals surface area contributed by atoms with Crippen molar-refractivity contribution in [2.75, 3.05) is 40.0 Å². The van der Waals surface area contributed by atoms with Crippen LogP contribution in [0.4, 0.5) is 0 Å². The molecule has 6 heteroatoms. The van der Waals surface area contributed by atoms with Gasteiger partial charge in [0.15, 0.2) is 5.96 Å². The van der Waals surface area contributed by atoms with Crippen molar-refractivity contribution in [1.29, 1.82) is 0 Å². The van der Waals surface area contributed by atoms with Crippen molar-refractivity contribution >= 4 is 5.96 Å². The van der Waals surface area contributed by atoms with Crippen LogP contribution in [0.15, 0.2) is 23.2 Å². The summed E-state index contributed by atoms with van der Waals surface area (Å²) in [6.07, 6.45) is 0.270. The van der Waals surface area contributed by atoms with Crippen molar-refractivity contribution in [3.63, 3.8) is 0 Å². The number of aryl methyl sites for hydroxylation is 1. The van der Waals surface area contributed by atoms with Crippen LogP contribution in [0.25, 0.3) is 0 Å². The minimum Gasteiger partial charge on any atom is -0.496 e. The van der Waals surface area contributed by atoms with E-state index >= 15 is 0 Å². The molecule has 0 amide bonds. The van der Waals surface area contributed by atoms with Crippen molar-refractivity contribution in [1.82, 2.24) is 10.6 Å². The summed E-state index contributed by atoms with van der Waals surface area (Å²) < 4.78 is 10.8. The smallest absolute Gasteiger partial charge is 0.191 e. The maximum absolute atomic E-state index is 9.96. The van der Waals surface area contributed by atoms with Gasteiger partial charge >= 0.3 is 0 Å². The topological polar surface area (TPSA) is 75.1 Å². The van der Waals surface area contributed by atoms with Gasteiger partial charge in [-0.2, -0.15) is 0 Å². The Bertz CT molecular complexity index is 547. The molecule has 26 heavy (non-hydrogen) atoms. The molecule has 148 valence electrons. The maximum atomic E-state index is 9.96. The van der Waals surface area contributed by atoms with Crippen molar-refractivity contribution < 1.29 is 14.6 Å². The Balaban J connectivity index is 2.44. The highest BCUT2D eigenvalue weighted by Gasteiger charge is 2.06. The second-order valence-corrected chi connectivity index (χ2v) is 6.79. The molecule has 0 fully saturated rings. The summed E-state index contributed by atoms with van der Waals surface area (Å²) >= 11 is 0. The molecule has 1 rings (SSSR count). The number of nitrogens with one attached hydrogen (secondary N) is 2. The predicted octanol–water partition coefficient (Wildman–Crippen LogP) is 2.13. The lowest BCUT2D eigenvalue weighted by atomic mass is 10.1. The van der Waals surface area contributed by atoms with Gasteiger partial charge in [0.2, 0.25) is 0 Å². The van der Waals surface area contributed by atoms with Gasteiger partial charge in [-0.25, -0.2) is 0 Å². The summed E-state index contributed by atoms with van der Waals surface area (Å²) in [5, 5.41) is 16.5. The summed E-state index contributed by atoms with van der Waals surface area (Å²) in [7, 11) is 1.69. The molecule has 1 aromatic rings. The highest BCUT2D eigenvalue weighted by Crippen LogP contribution is 2.18. The van der Waals surface area contributed by atoms with Crippen LogP contribution in [0, 0.1) is 12.8 Å². The first-order valence-electron chi connectivity index (χ1n) is 9.37. The summed E-state index contributed by atoms with van der Waals surface area (Å²) in [6.45, 7) is 11.0. The summed E-state index contributed by atoms with van der Waals surface area (Å²) in [6, 6.07) is 6.25. The minimum absolute atomic E-state index is 0.310. The molecule has 0 aliphatic carbocycles. The van der Waals surface area contributed by atoms with Gasteiger partial charge in [0.1, 0.15) is 5.75 Å². The number of hydrogen-bond acceptors (Lipinski definition) is 4. The maximum Gasteiger partial charge on any atom is 0.191 e. The number of rotatable bonds is 11. The van der Waals surface area contributed by atoms with Crippen LogP contribution in [-0.2, 0) is 11.2 Å². The van der Waals surface area contributed by atoms with Crippen molar-refractivity contribution in [3.8, 4) is 5.75 Å². The Morgan fingerprint density at radius 2 is 2.00 bits per heavy atom. The monoisotopic (exact) mass is 365 g/mol. The molecule has 1 aromatic carbocycles. The van der Waals surface area contributed by atoms with E-state index < -0.39 is 6.10 Å². The first-order chi connectivity index (χ1) is 12.5. The highest BCUT2D eigenvalue weighted by atomic mass is 16.5. The normalized spacial score (nSPS) is 13.0. The van der Waals surface area contributed by atoms with Gasteiger partial charge in [0.05, 0.1) is 26.4 Å². The number of ether oxygens (including phenoxy) is 2. The number of benzene rings is 1. The van der Waals surface area contributed by atoms with Gasteiger partial charge in [-0.3, -0.25) is 4.99 Å². The Morgan fingerprint density at radius 1 is 1.23 bits per heavy atom. The molecule has 0 spiro atoms.